The Balaban J connectivity index is 2.67. The molecule has 1 aromatic carbocycles. The molecule has 0 spiro atoms. The Morgan fingerprint density at radius 3 is 2.67 bits per heavy atom. The molecule has 1 amide bonds. The molecule has 0 aliphatic rings. The molecule has 1 aromatic rings. The smallest absolute Gasteiger partial charge is 0.227 e. The average Bonchev–Trinajstić information content (AvgIpc) is 2.34. The van der Waals surface area contributed by atoms with Crippen LogP contribution in [0, 0.1) is 0 Å². The van der Waals surface area contributed by atoms with E-state index in [0.29, 0.717) is 29.6 Å². The molecule has 0 atom stereocenters. The summed E-state index contributed by atoms with van der Waals surface area (Å²) in [6, 6.07) is 5.12. The van der Waals surface area contributed by atoms with Crippen molar-refractivity contribution in [3.63, 3.8) is 0 Å². The Labute approximate surface area is 117 Å². The molecule has 1 N–H and O–H groups in total. The van der Waals surface area contributed by atoms with Gasteiger partial charge in [0.05, 0.1) is 6.42 Å². The second-order valence-corrected chi connectivity index (χ2v) is 4.81. The van der Waals surface area contributed by atoms with E-state index in [9.17, 15) is 4.79 Å². The van der Waals surface area contributed by atoms with Gasteiger partial charge in [0, 0.05) is 29.7 Å². The normalized spacial score (nSPS) is 10.4. The van der Waals surface area contributed by atoms with E-state index in [1.165, 1.54) is 0 Å². The van der Waals surface area contributed by atoms with Crippen molar-refractivity contribution in [3.05, 3.63) is 33.8 Å². The van der Waals surface area contributed by atoms with Crippen molar-refractivity contribution in [1.29, 1.82) is 0 Å². The zero-order chi connectivity index (χ0) is 13.5. The first-order chi connectivity index (χ1) is 8.58. The molecule has 0 bridgehead atoms. The van der Waals surface area contributed by atoms with Gasteiger partial charge in [-0.1, -0.05) is 29.3 Å². The van der Waals surface area contributed by atoms with E-state index >= 15 is 0 Å². The number of nitrogens with zero attached hydrogens (tertiary/aromatic N) is 1. The fraction of sp³-hybridized carbons (Fsp3) is 0.462. The molecule has 5 heteroatoms. The number of hydrogen-bond acceptors (Lipinski definition) is 2. The van der Waals surface area contributed by atoms with Gasteiger partial charge in [-0.2, -0.15) is 0 Å². The first-order valence-electron chi connectivity index (χ1n) is 5.91. The van der Waals surface area contributed by atoms with Gasteiger partial charge in [-0.25, -0.2) is 0 Å². The molecule has 0 saturated heterocycles. The molecule has 0 aliphatic carbocycles. The van der Waals surface area contributed by atoms with Crippen LogP contribution in [0.5, 0.6) is 0 Å². The number of amides is 1. The lowest BCUT2D eigenvalue weighted by molar-refractivity contribution is -0.130. The van der Waals surface area contributed by atoms with Gasteiger partial charge in [-0.15, -0.1) is 0 Å². The van der Waals surface area contributed by atoms with Gasteiger partial charge in [-0.05, 0) is 31.0 Å². The van der Waals surface area contributed by atoms with E-state index < -0.39 is 0 Å². The van der Waals surface area contributed by atoms with Crippen LogP contribution in [-0.2, 0) is 11.2 Å². The van der Waals surface area contributed by atoms with E-state index in [1.54, 1.807) is 23.1 Å². The third kappa shape index (κ3) is 4.48. The average molecular weight is 290 g/mol. The molecule has 100 valence electrons. The highest BCUT2D eigenvalue weighted by Crippen LogP contribution is 2.21. The van der Waals surface area contributed by atoms with Gasteiger partial charge in [-0.3, -0.25) is 4.79 Å². The van der Waals surface area contributed by atoms with Crippen molar-refractivity contribution in [3.8, 4) is 0 Å². The van der Waals surface area contributed by atoms with Crippen LogP contribution in [0.1, 0.15) is 18.9 Å². The number of halogens is 2. The molecule has 0 fully saturated rings. The number of hydrogen-bond donors (Lipinski definition) is 1. The van der Waals surface area contributed by atoms with Gasteiger partial charge < -0.3 is 10.0 Å². The quantitative estimate of drug-likeness (QED) is 0.875. The highest BCUT2D eigenvalue weighted by Gasteiger charge is 2.13. The van der Waals surface area contributed by atoms with Crippen molar-refractivity contribution < 1.29 is 9.90 Å². The second kappa shape index (κ2) is 7.62. The predicted molar refractivity (Wildman–Crippen MR) is 74.1 cm³/mol. The summed E-state index contributed by atoms with van der Waals surface area (Å²) in [7, 11) is 0. The summed E-state index contributed by atoms with van der Waals surface area (Å²) >= 11 is 11.8. The minimum absolute atomic E-state index is 0.00942. The van der Waals surface area contributed by atoms with Gasteiger partial charge in [0.15, 0.2) is 0 Å². The Kier molecular flexibility index (Phi) is 6.47. The van der Waals surface area contributed by atoms with E-state index in [0.717, 1.165) is 5.56 Å². The van der Waals surface area contributed by atoms with Crippen LogP contribution < -0.4 is 0 Å². The molecule has 0 aliphatic heterocycles. The number of aliphatic hydroxyl groups excluding tert-OH is 1. The monoisotopic (exact) mass is 289 g/mol. The minimum atomic E-state index is 0.00942. The van der Waals surface area contributed by atoms with Crippen molar-refractivity contribution >= 4 is 29.1 Å². The van der Waals surface area contributed by atoms with Crippen LogP contribution in [0.3, 0.4) is 0 Å². The predicted octanol–water partition coefficient (Wildman–Crippen LogP) is 2.77. The zero-order valence-electron chi connectivity index (χ0n) is 10.3. The van der Waals surface area contributed by atoms with Crippen molar-refractivity contribution in [2.75, 3.05) is 19.7 Å². The molecule has 3 nitrogen and oxygen atoms in total. The van der Waals surface area contributed by atoms with E-state index in [2.05, 4.69) is 0 Å². The van der Waals surface area contributed by atoms with E-state index in [1.807, 2.05) is 6.92 Å². The first kappa shape index (κ1) is 15.3. The number of benzene rings is 1. The highest BCUT2D eigenvalue weighted by atomic mass is 35.5. The summed E-state index contributed by atoms with van der Waals surface area (Å²) in [6.45, 7) is 3.20. The van der Waals surface area contributed by atoms with Crippen LogP contribution in [0.2, 0.25) is 10.0 Å². The SMILES string of the molecule is CCN(CCCO)C(=O)Cc1ccc(Cl)cc1Cl. The molecule has 0 radical (unpaired) electrons. The number of carbonyl (C=O) groups is 1. The fourth-order valence-corrected chi connectivity index (χ4v) is 2.14. The molecular weight excluding hydrogens is 273 g/mol. The van der Waals surface area contributed by atoms with E-state index in [4.69, 9.17) is 28.3 Å². The zero-order valence-corrected chi connectivity index (χ0v) is 11.8. The molecule has 0 heterocycles. The Morgan fingerprint density at radius 2 is 2.11 bits per heavy atom. The molecule has 0 unspecified atom stereocenters. The third-order valence-corrected chi connectivity index (χ3v) is 3.26. The molecule has 0 aromatic heterocycles. The van der Waals surface area contributed by atoms with Crippen molar-refractivity contribution in [2.24, 2.45) is 0 Å². The third-order valence-electron chi connectivity index (χ3n) is 2.68. The van der Waals surface area contributed by atoms with Gasteiger partial charge in [0.2, 0.25) is 5.91 Å². The molecular formula is C13H17Cl2NO2. The number of aliphatic hydroxyl groups is 1. The minimum Gasteiger partial charge on any atom is -0.396 e. The second-order valence-electron chi connectivity index (χ2n) is 3.96. The lowest BCUT2D eigenvalue weighted by Crippen LogP contribution is -2.33. The summed E-state index contributed by atoms with van der Waals surface area (Å²) in [6.07, 6.45) is 0.850. The van der Waals surface area contributed by atoms with Crippen molar-refractivity contribution in [2.45, 2.75) is 19.8 Å². The fourth-order valence-electron chi connectivity index (χ4n) is 1.66. The maximum absolute atomic E-state index is 12.0. The lowest BCUT2D eigenvalue weighted by Gasteiger charge is -2.20. The number of rotatable bonds is 6. The number of likely N-dealkylation sites (N-methyl/N-ethyl adjacent to an activating group) is 1. The summed E-state index contributed by atoms with van der Waals surface area (Å²) in [4.78, 5) is 13.7. The summed E-state index contributed by atoms with van der Waals surface area (Å²) in [5, 5.41) is 9.85. The molecule has 18 heavy (non-hydrogen) atoms. The first-order valence-corrected chi connectivity index (χ1v) is 6.66. The Bertz CT molecular complexity index is 410. The van der Waals surface area contributed by atoms with Gasteiger partial charge in [0.1, 0.15) is 0 Å². The van der Waals surface area contributed by atoms with Gasteiger partial charge in [0.25, 0.3) is 0 Å². The molecule has 1 rings (SSSR count). The van der Waals surface area contributed by atoms with Crippen LogP contribution in [0.25, 0.3) is 0 Å². The number of carbonyl (C=O) groups excluding carboxylic acids is 1. The lowest BCUT2D eigenvalue weighted by atomic mass is 10.1. The largest absolute Gasteiger partial charge is 0.396 e. The standard InChI is InChI=1S/C13H17Cl2NO2/c1-2-16(6-3-7-17)13(18)8-10-4-5-11(14)9-12(10)15/h4-5,9,17H,2-3,6-8H2,1H3. The maximum Gasteiger partial charge on any atom is 0.227 e. The maximum atomic E-state index is 12.0. The van der Waals surface area contributed by atoms with E-state index in [-0.39, 0.29) is 18.9 Å². The Morgan fingerprint density at radius 1 is 1.39 bits per heavy atom. The van der Waals surface area contributed by atoms with Crippen LogP contribution in [0.15, 0.2) is 18.2 Å². The van der Waals surface area contributed by atoms with Crippen molar-refractivity contribution in [1.82, 2.24) is 4.90 Å². The molecule has 0 saturated carbocycles. The van der Waals surface area contributed by atoms with Crippen LogP contribution in [0.4, 0.5) is 0 Å². The topological polar surface area (TPSA) is 40.5 Å². The summed E-state index contributed by atoms with van der Waals surface area (Å²) in [5.41, 5.74) is 0.772. The Hall–Kier alpha value is -0.770. The van der Waals surface area contributed by atoms with Crippen LogP contribution in [-0.4, -0.2) is 35.6 Å². The summed E-state index contributed by atoms with van der Waals surface area (Å²) in [5.74, 6) is 0.00942. The van der Waals surface area contributed by atoms with Crippen LogP contribution >= 0.6 is 23.2 Å². The summed E-state index contributed by atoms with van der Waals surface area (Å²) < 4.78 is 0. The highest BCUT2D eigenvalue weighted by molar-refractivity contribution is 6.35. The van der Waals surface area contributed by atoms with Gasteiger partial charge >= 0.3 is 0 Å².